The Labute approximate surface area is 128 Å². The molecule has 0 saturated heterocycles. The van der Waals surface area contributed by atoms with E-state index < -0.39 is 0 Å². The second-order valence-electron chi connectivity index (χ2n) is 4.42. The van der Waals surface area contributed by atoms with Crippen LogP contribution in [0.3, 0.4) is 0 Å². The number of nitrogens with zero attached hydrogens (tertiary/aromatic N) is 1. The first-order chi connectivity index (χ1) is 9.81. The van der Waals surface area contributed by atoms with E-state index in [1.54, 1.807) is 11.3 Å². The topological polar surface area (TPSA) is 23.5 Å². The van der Waals surface area contributed by atoms with Crippen LogP contribution in [0.25, 0.3) is 0 Å². The van der Waals surface area contributed by atoms with Crippen molar-refractivity contribution in [3.05, 3.63) is 44.3 Å². The summed E-state index contributed by atoms with van der Waals surface area (Å²) < 4.78 is 0. The quantitative estimate of drug-likeness (QED) is 0.825. The maximum absolute atomic E-state index is 8.72. The Morgan fingerprint density at radius 3 is 2.75 bits per heavy atom. The van der Waals surface area contributed by atoms with Crippen molar-refractivity contribution in [1.82, 2.24) is 4.90 Å². The van der Waals surface area contributed by atoms with Crippen molar-refractivity contribution in [2.45, 2.75) is 26.4 Å². The van der Waals surface area contributed by atoms with Gasteiger partial charge in [-0.15, -0.1) is 22.7 Å². The molecule has 0 fully saturated rings. The van der Waals surface area contributed by atoms with Crippen molar-refractivity contribution in [1.29, 1.82) is 0 Å². The van der Waals surface area contributed by atoms with E-state index >= 15 is 0 Å². The molecule has 0 radical (unpaired) electrons. The van der Waals surface area contributed by atoms with Crippen LogP contribution < -0.4 is 0 Å². The molecule has 106 valence electrons. The fourth-order valence-electron chi connectivity index (χ4n) is 1.86. The molecular weight excluding hydrogens is 286 g/mol. The summed E-state index contributed by atoms with van der Waals surface area (Å²) in [6.07, 6.45) is 0.548. The van der Waals surface area contributed by atoms with Crippen LogP contribution in [-0.4, -0.2) is 23.2 Å². The van der Waals surface area contributed by atoms with Gasteiger partial charge in [-0.3, -0.25) is 4.90 Å². The van der Waals surface area contributed by atoms with Gasteiger partial charge in [0.1, 0.15) is 0 Å². The van der Waals surface area contributed by atoms with Gasteiger partial charge < -0.3 is 5.11 Å². The molecule has 0 spiro atoms. The van der Waals surface area contributed by atoms with Crippen LogP contribution in [-0.2, 0) is 13.1 Å². The van der Waals surface area contributed by atoms with Gasteiger partial charge in [0.25, 0.3) is 0 Å². The summed E-state index contributed by atoms with van der Waals surface area (Å²) in [5, 5.41) is 10.8. The molecule has 0 aliphatic heterocycles. The Hall–Kier alpha value is -1.12. The van der Waals surface area contributed by atoms with Crippen LogP contribution in [0.4, 0.5) is 0 Å². The third kappa shape index (κ3) is 4.77. The van der Waals surface area contributed by atoms with Crippen molar-refractivity contribution in [2.24, 2.45) is 0 Å². The Balaban J connectivity index is 1.93. The number of rotatable bonds is 6. The van der Waals surface area contributed by atoms with Crippen molar-refractivity contribution in [3.8, 4) is 11.8 Å². The van der Waals surface area contributed by atoms with Crippen LogP contribution in [0, 0.1) is 11.8 Å². The molecule has 0 atom stereocenters. The average molecular weight is 305 g/mol. The second-order valence-corrected chi connectivity index (χ2v) is 6.62. The van der Waals surface area contributed by atoms with Crippen molar-refractivity contribution in [3.63, 3.8) is 0 Å². The van der Waals surface area contributed by atoms with Gasteiger partial charge in [-0.05, 0) is 30.1 Å². The van der Waals surface area contributed by atoms with Crippen molar-refractivity contribution in [2.75, 3.05) is 13.2 Å². The average Bonchev–Trinajstić information content (AvgIpc) is 3.10. The smallest absolute Gasteiger partial charge is 0.0771 e. The fourth-order valence-corrected chi connectivity index (χ4v) is 3.53. The minimum Gasteiger partial charge on any atom is -0.395 e. The summed E-state index contributed by atoms with van der Waals surface area (Å²) in [5.41, 5.74) is 0. The minimum atomic E-state index is 0.135. The van der Waals surface area contributed by atoms with Gasteiger partial charge in [0.05, 0.1) is 11.5 Å². The molecule has 0 amide bonds. The van der Waals surface area contributed by atoms with Gasteiger partial charge in [0.2, 0.25) is 0 Å². The van der Waals surface area contributed by atoms with Gasteiger partial charge in [0, 0.05) is 29.3 Å². The highest BCUT2D eigenvalue weighted by atomic mass is 32.1. The van der Waals surface area contributed by atoms with Crippen LogP contribution >= 0.6 is 22.7 Å². The van der Waals surface area contributed by atoms with Crippen LogP contribution in [0.1, 0.15) is 28.0 Å². The number of aliphatic hydroxyl groups excluding tert-OH is 1. The zero-order valence-corrected chi connectivity index (χ0v) is 13.3. The summed E-state index contributed by atoms with van der Waals surface area (Å²) in [6, 6.07) is 8.52. The molecule has 2 rings (SSSR count). The highest BCUT2D eigenvalue weighted by molar-refractivity contribution is 7.12. The minimum absolute atomic E-state index is 0.135. The van der Waals surface area contributed by atoms with E-state index in [-0.39, 0.29) is 6.61 Å². The molecule has 0 aliphatic carbocycles. The Kier molecular flexibility index (Phi) is 6.28. The van der Waals surface area contributed by atoms with Gasteiger partial charge in [-0.25, -0.2) is 0 Å². The lowest BCUT2D eigenvalue weighted by Crippen LogP contribution is -2.21. The van der Waals surface area contributed by atoms with Crippen LogP contribution in [0.15, 0.2) is 29.6 Å². The second kappa shape index (κ2) is 8.23. The maximum Gasteiger partial charge on any atom is 0.0771 e. The third-order valence-corrected chi connectivity index (χ3v) is 4.74. The molecule has 0 bridgehead atoms. The van der Waals surface area contributed by atoms with Gasteiger partial charge in [-0.2, -0.15) is 0 Å². The van der Waals surface area contributed by atoms with Gasteiger partial charge >= 0.3 is 0 Å². The molecule has 1 N–H and O–H groups in total. The SMILES string of the molecule is CCN(Cc1cccs1)Cc1ccc(C#CCCO)s1. The summed E-state index contributed by atoms with van der Waals surface area (Å²) in [7, 11) is 0. The molecule has 20 heavy (non-hydrogen) atoms. The zero-order chi connectivity index (χ0) is 14.2. The summed E-state index contributed by atoms with van der Waals surface area (Å²) in [5.74, 6) is 6.06. The lowest BCUT2D eigenvalue weighted by atomic mass is 10.3. The molecule has 2 aromatic rings. The molecule has 0 aliphatic rings. The van der Waals surface area contributed by atoms with Crippen molar-refractivity contribution >= 4 is 22.7 Å². The first kappa shape index (κ1) is 15.3. The zero-order valence-electron chi connectivity index (χ0n) is 11.6. The lowest BCUT2D eigenvalue weighted by Gasteiger charge is -2.18. The van der Waals surface area contributed by atoms with E-state index in [1.165, 1.54) is 9.75 Å². The van der Waals surface area contributed by atoms with E-state index in [0.717, 1.165) is 24.5 Å². The lowest BCUT2D eigenvalue weighted by molar-refractivity contribution is 0.276. The van der Waals surface area contributed by atoms with Crippen LogP contribution in [0.5, 0.6) is 0 Å². The molecule has 0 unspecified atom stereocenters. The number of thiophene rings is 2. The Morgan fingerprint density at radius 1 is 1.20 bits per heavy atom. The van der Waals surface area contributed by atoms with Gasteiger partial charge in [0.15, 0.2) is 0 Å². The Bertz CT molecular complexity index is 563. The molecule has 2 aromatic heterocycles. The number of hydrogen-bond donors (Lipinski definition) is 1. The van der Waals surface area contributed by atoms with E-state index in [9.17, 15) is 0 Å². The van der Waals surface area contributed by atoms with Crippen LogP contribution in [0.2, 0.25) is 0 Å². The van der Waals surface area contributed by atoms with E-state index in [2.05, 4.69) is 53.3 Å². The highest BCUT2D eigenvalue weighted by Gasteiger charge is 2.07. The van der Waals surface area contributed by atoms with Crippen molar-refractivity contribution < 1.29 is 5.11 Å². The maximum atomic E-state index is 8.72. The van der Waals surface area contributed by atoms with E-state index in [0.29, 0.717) is 6.42 Å². The fraction of sp³-hybridized carbons (Fsp3) is 0.375. The normalized spacial score (nSPS) is 10.6. The molecule has 2 nitrogen and oxygen atoms in total. The molecule has 4 heteroatoms. The molecular formula is C16H19NOS2. The number of aliphatic hydroxyl groups is 1. The van der Waals surface area contributed by atoms with E-state index in [4.69, 9.17) is 5.11 Å². The predicted octanol–water partition coefficient (Wildman–Crippen LogP) is 3.57. The third-order valence-electron chi connectivity index (χ3n) is 2.90. The molecule has 0 aromatic carbocycles. The summed E-state index contributed by atoms with van der Waals surface area (Å²) >= 11 is 3.56. The monoisotopic (exact) mass is 305 g/mol. The largest absolute Gasteiger partial charge is 0.395 e. The molecule has 0 saturated carbocycles. The highest BCUT2D eigenvalue weighted by Crippen LogP contribution is 2.19. The molecule has 2 heterocycles. The van der Waals surface area contributed by atoms with Gasteiger partial charge in [-0.1, -0.05) is 24.8 Å². The predicted molar refractivity (Wildman–Crippen MR) is 87.0 cm³/mol. The first-order valence-electron chi connectivity index (χ1n) is 6.75. The summed E-state index contributed by atoms with van der Waals surface area (Å²) in [4.78, 5) is 6.27. The number of hydrogen-bond acceptors (Lipinski definition) is 4. The standard InChI is InChI=1S/C16H19NOS2/c1-2-17(12-15-7-5-11-19-15)13-16-9-8-14(20-16)6-3-4-10-18/h5,7-9,11,18H,2,4,10,12-13H2,1H3. The summed E-state index contributed by atoms with van der Waals surface area (Å²) in [6.45, 7) is 5.36. The first-order valence-corrected chi connectivity index (χ1v) is 8.44. The van der Waals surface area contributed by atoms with E-state index in [1.807, 2.05) is 11.3 Å². The Morgan fingerprint density at radius 2 is 2.05 bits per heavy atom.